The first-order valence-electron chi connectivity index (χ1n) is 6.68. The predicted molar refractivity (Wildman–Crippen MR) is 74.7 cm³/mol. The van der Waals surface area contributed by atoms with Crippen LogP contribution >= 0.6 is 0 Å². The minimum Gasteiger partial charge on any atom is -0.376 e. The van der Waals surface area contributed by atoms with E-state index in [2.05, 4.69) is 16.4 Å². The monoisotopic (exact) mass is 267 g/mol. The number of halogens is 1. The first kappa shape index (κ1) is 12.6. The molecule has 0 bridgehead atoms. The lowest BCUT2D eigenvalue weighted by molar-refractivity contribution is 0.582. The lowest BCUT2D eigenvalue weighted by Gasteiger charge is -2.26. The van der Waals surface area contributed by atoms with E-state index in [1.807, 2.05) is 12.1 Å². The SMILES string of the molecule is N#Cc1cc(F)ccc1NC1CCCc2cccnc21. The van der Waals surface area contributed by atoms with Crippen molar-refractivity contribution in [1.82, 2.24) is 4.98 Å². The van der Waals surface area contributed by atoms with E-state index < -0.39 is 5.82 Å². The van der Waals surface area contributed by atoms with Crippen molar-refractivity contribution in [1.29, 1.82) is 5.26 Å². The van der Waals surface area contributed by atoms with Crippen LogP contribution in [0.2, 0.25) is 0 Å². The van der Waals surface area contributed by atoms with Crippen LogP contribution in [0.5, 0.6) is 0 Å². The van der Waals surface area contributed by atoms with E-state index in [9.17, 15) is 4.39 Å². The number of aryl methyl sites for hydroxylation is 1. The van der Waals surface area contributed by atoms with Gasteiger partial charge in [-0.2, -0.15) is 5.26 Å². The zero-order valence-corrected chi connectivity index (χ0v) is 10.9. The van der Waals surface area contributed by atoms with Crippen molar-refractivity contribution < 1.29 is 4.39 Å². The molecule has 1 aliphatic rings. The van der Waals surface area contributed by atoms with Gasteiger partial charge in [0.05, 0.1) is 23.0 Å². The molecule has 1 aromatic carbocycles. The molecule has 1 aromatic heterocycles. The average Bonchev–Trinajstić information content (AvgIpc) is 2.49. The summed E-state index contributed by atoms with van der Waals surface area (Å²) in [5.41, 5.74) is 3.27. The standard InChI is InChI=1S/C16H14FN3/c17-13-6-7-14(12(9-13)10-18)20-15-5-1-3-11-4-2-8-19-16(11)15/h2,4,6-9,15,20H,1,3,5H2. The Labute approximate surface area is 117 Å². The molecule has 1 atom stereocenters. The number of anilines is 1. The fraction of sp³-hybridized carbons (Fsp3) is 0.250. The first-order chi connectivity index (χ1) is 9.78. The van der Waals surface area contributed by atoms with E-state index >= 15 is 0 Å². The average molecular weight is 267 g/mol. The molecular formula is C16H14FN3. The summed E-state index contributed by atoms with van der Waals surface area (Å²) >= 11 is 0. The zero-order valence-electron chi connectivity index (χ0n) is 10.9. The number of hydrogen-bond donors (Lipinski definition) is 1. The van der Waals surface area contributed by atoms with Crippen LogP contribution < -0.4 is 5.32 Å². The van der Waals surface area contributed by atoms with Gasteiger partial charge in [-0.15, -0.1) is 0 Å². The number of rotatable bonds is 2. The van der Waals surface area contributed by atoms with E-state index in [4.69, 9.17) is 5.26 Å². The van der Waals surface area contributed by atoms with Crippen LogP contribution in [0, 0.1) is 17.1 Å². The summed E-state index contributed by atoms with van der Waals surface area (Å²) in [4.78, 5) is 4.45. The topological polar surface area (TPSA) is 48.7 Å². The molecule has 2 aromatic rings. The third-order valence-corrected chi connectivity index (χ3v) is 3.63. The zero-order chi connectivity index (χ0) is 13.9. The van der Waals surface area contributed by atoms with Gasteiger partial charge in [-0.1, -0.05) is 6.07 Å². The second-order valence-corrected chi connectivity index (χ2v) is 4.94. The number of fused-ring (bicyclic) bond motifs is 1. The summed E-state index contributed by atoms with van der Waals surface area (Å²) in [6.07, 6.45) is 4.87. The summed E-state index contributed by atoms with van der Waals surface area (Å²) in [6.45, 7) is 0. The van der Waals surface area contributed by atoms with Gasteiger partial charge in [0.2, 0.25) is 0 Å². The maximum Gasteiger partial charge on any atom is 0.124 e. The fourth-order valence-electron chi connectivity index (χ4n) is 2.67. The van der Waals surface area contributed by atoms with E-state index in [1.165, 1.54) is 17.7 Å². The third-order valence-electron chi connectivity index (χ3n) is 3.63. The summed E-state index contributed by atoms with van der Waals surface area (Å²) in [7, 11) is 0. The Morgan fingerprint density at radius 1 is 1.35 bits per heavy atom. The van der Waals surface area contributed by atoms with E-state index in [1.54, 1.807) is 12.3 Å². The van der Waals surface area contributed by atoms with Gasteiger partial charge in [-0.3, -0.25) is 4.98 Å². The second kappa shape index (κ2) is 5.30. The van der Waals surface area contributed by atoms with E-state index in [-0.39, 0.29) is 6.04 Å². The molecule has 0 radical (unpaired) electrons. The fourth-order valence-corrected chi connectivity index (χ4v) is 2.67. The van der Waals surface area contributed by atoms with Gasteiger partial charge in [0.15, 0.2) is 0 Å². The molecule has 0 aliphatic heterocycles. The van der Waals surface area contributed by atoms with Crippen LogP contribution in [0.3, 0.4) is 0 Å². The number of benzene rings is 1. The molecule has 100 valence electrons. The van der Waals surface area contributed by atoms with Crippen molar-refractivity contribution in [2.24, 2.45) is 0 Å². The van der Waals surface area contributed by atoms with Gasteiger partial charge in [-0.25, -0.2) is 4.39 Å². The molecule has 4 heteroatoms. The highest BCUT2D eigenvalue weighted by molar-refractivity contribution is 5.58. The third kappa shape index (κ3) is 2.35. The number of hydrogen-bond acceptors (Lipinski definition) is 3. The highest BCUT2D eigenvalue weighted by atomic mass is 19.1. The molecule has 3 rings (SSSR count). The minimum atomic E-state index is -0.394. The first-order valence-corrected chi connectivity index (χ1v) is 6.68. The summed E-state index contributed by atoms with van der Waals surface area (Å²) in [5, 5.41) is 12.4. The highest BCUT2D eigenvalue weighted by Gasteiger charge is 2.21. The number of nitrogens with zero attached hydrogens (tertiary/aromatic N) is 2. The molecule has 0 saturated carbocycles. The number of nitrogens with one attached hydrogen (secondary N) is 1. The molecule has 0 spiro atoms. The van der Waals surface area contributed by atoms with E-state index in [0.717, 1.165) is 25.0 Å². The Morgan fingerprint density at radius 2 is 2.25 bits per heavy atom. The number of nitriles is 1. The van der Waals surface area contributed by atoms with Gasteiger partial charge in [-0.05, 0) is 49.1 Å². The molecule has 1 unspecified atom stereocenters. The molecular weight excluding hydrogens is 253 g/mol. The molecule has 3 nitrogen and oxygen atoms in total. The Morgan fingerprint density at radius 3 is 3.10 bits per heavy atom. The molecule has 0 amide bonds. The number of aromatic nitrogens is 1. The highest BCUT2D eigenvalue weighted by Crippen LogP contribution is 2.31. The minimum absolute atomic E-state index is 0.0810. The Hall–Kier alpha value is -2.41. The van der Waals surface area contributed by atoms with Crippen LogP contribution in [0.15, 0.2) is 36.5 Å². The lowest BCUT2D eigenvalue weighted by Crippen LogP contribution is -2.19. The molecule has 20 heavy (non-hydrogen) atoms. The van der Waals surface area contributed by atoms with Crippen molar-refractivity contribution in [2.45, 2.75) is 25.3 Å². The number of pyridine rings is 1. The smallest absolute Gasteiger partial charge is 0.124 e. The summed E-state index contributed by atoms with van der Waals surface area (Å²) in [6, 6.07) is 10.4. The van der Waals surface area contributed by atoms with Gasteiger partial charge in [0.1, 0.15) is 11.9 Å². The molecule has 0 saturated heterocycles. The second-order valence-electron chi connectivity index (χ2n) is 4.94. The van der Waals surface area contributed by atoms with Crippen LogP contribution in [-0.4, -0.2) is 4.98 Å². The van der Waals surface area contributed by atoms with Crippen molar-refractivity contribution in [3.05, 3.63) is 59.2 Å². The Kier molecular flexibility index (Phi) is 3.34. The van der Waals surface area contributed by atoms with E-state index in [0.29, 0.717) is 11.3 Å². The van der Waals surface area contributed by atoms with Gasteiger partial charge in [0.25, 0.3) is 0 Å². The van der Waals surface area contributed by atoms with Crippen molar-refractivity contribution >= 4 is 5.69 Å². The van der Waals surface area contributed by atoms with Crippen LogP contribution in [0.25, 0.3) is 0 Å². The van der Waals surface area contributed by atoms with Gasteiger partial charge >= 0.3 is 0 Å². The Balaban J connectivity index is 1.92. The molecule has 0 fully saturated rings. The predicted octanol–water partition coefficient (Wildman–Crippen LogP) is 3.58. The summed E-state index contributed by atoms with van der Waals surface area (Å²) in [5.74, 6) is -0.394. The van der Waals surface area contributed by atoms with Crippen molar-refractivity contribution in [3.8, 4) is 6.07 Å². The molecule has 1 N–H and O–H groups in total. The van der Waals surface area contributed by atoms with Crippen molar-refractivity contribution in [2.75, 3.05) is 5.32 Å². The van der Waals surface area contributed by atoms with Crippen LogP contribution in [0.4, 0.5) is 10.1 Å². The molecule has 1 aliphatic carbocycles. The maximum atomic E-state index is 13.2. The molecule has 1 heterocycles. The van der Waals surface area contributed by atoms with Crippen LogP contribution in [0.1, 0.15) is 35.7 Å². The Bertz CT molecular complexity index is 676. The van der Waals surface area contributed by atoms with Crippen molar-refractivity contribution in [3.63, 3.8) is 0 Å². The summed E-state index contributed by atoms with van der Waals surface area (Å²) < 4.78 is 13.2. The van der Waals surface area contributed by atoms with Gasteiger partial charge in [0, 0.05) is 6.20 Å². The largest absolute Gasteiger partial charge is 0.376 e. The normalized spacial score (nSPS) is 17.1. The van der Waals surface area contributed by atoms with Gasteiger partial charge < -0.3 is 5.32 Å². The maximum absolute atomic E-state index is 13.2. The van der Waals surface area contributed by atoms with Crippen LogP contribution in [-0.2, 0) is 6.42 Å². The quantitative estimate of drug-likeness (QED) is 0.904. The lowest BCUT2D eigenvalue weighted by atomic mass is 9.91.